The maximum Gasteiger partial charge on any atom is 0.0721 e. The molecule has 1 nitrogen and oxygen atoms in total. The van der Waals surface area contributed by atoms with Crippen molar-refractivity contribution in [2.24, 2.45) is 5.92 Å². The van der Waals surface area contributed by atoms with Gasteiger partial charge in [0.1, 0.15) is 0 Å². The second-order valence-corrected chi connectivity index (χ2v) is 3.85. The molecule has 0 atom stereocenters. The van der Waals surface area contributed by atoms with Crippen LogP contribution in [0.3, 0.4) is 0 Å². The third-order valence-electron chi connectivity index (χ3n) is 1.74. The van der Waals surface area contributed by atoms with E-state index in [-0.39, 0.29) is 0 Å². The summed E-state index contributed by atoms with van der Waals surface area (Å²) in [7, 11) is 0. The minimum atomic E-state index is 1.02. The summed E-state index contributed by atoms with van der Waals surface area (Å²) in [4.78, 5) is 3.18. The Hall–Kier alpha value is -0.370. The van der Waals surface area contributed by atoms with Crippen LogP contribution in [0.15, 0.2) is 23.4 Å². The normalized spacial score (nSPS) is 17.6. The number of thioether (sulfide) groups is 1. The highest BCUT2D eigenvalue weighted by molar-refractivity contribution is 7.99. The molecule has 1 fully saturated rings. The van der Waals surface area contributed by atoms with Gasteiger partial charge in [-0.05, 0) is 30.9 Å². The lowest BCUT2D eigenvalue weighted by molar-refractivity contribution is 0.996. The third-order valence-corrected chi connectivity index (χ3v) is 2.94. The van der Waals surface area contributed by atoms with Crippen LogP contribution in [0.25, 0.3) is 0 Å². The van der Waals surface area contributed by atoms with Crippen LogP contribution in [0.5, 0.6) is 0 Å². The van der Waals surface area contributed by atoms with Crippen molar-refractivity contribution in [1.82, 2.24) is 4.98 Å². The third kappa shape index (κ3) is 1.57. The van der Waals surface area contributed by atoms with Crippen LogP contribution in [0.4, 0.5) is 0 Å². The van der Waals surface area contributed by atoms with Gasteiger partial charge in [0.25, 0.3) is 0 Å². The Morgan fingerprint density at radius 2 is 2.50 bits per heavy atom. The second-order valence-electron chi connectivity index (χ2n) is 2.79. The smallest absolute Gasteiger partial charge is 0.0721 e. The zero-order valence-electron chi connectivity index (χ0n) is 5.84. The second kappa shape index (κ2) is 2.70. The van der Waals surface area contributed by atoms with Crippen molar-refractivity contribution in [2.75, 3.05) is 5.75 Å². The van der Waals surface area contributed by atoms with Crippen molar-refractivity contribution >= 4 is 11.8 Å². The van der Waals surface area contributed by atoms with E-state index in [2.05, 4.69) is 17.1 Å². The van der Waals surface area contributed by atoms with E-state index in [0.29, 0.717) is 0 Å². The maximum atomic E-state index is 3.18. The number of hydrogen-bond acceptors (Lipinski definition) is 1. The Labute approximate surface area is 65.2 Å². The SMILES string of the molecule is c1c[nH]c(SCC2CC2)c1. The number of H-pyrrole nitrogens is 1. The molecule has 1 N–H and O–H groups in total. The highest BCUT2D eigenvalue weighted by Crippen LogP contribution is 2.34. The van der Waals surface area contributed by atoms with Crippen LogP contribution in [0.1, 0.15) is 12.8 Å². The standard InChI is InChI=1S/C8H11NS/c1-2-8(9-5-1)10-6-7-3-4-7/h1-2,5,7,9H,3-4,6H2. The fourth-order valence-electron chi connectivity index (χ4n) is 0.896. The number of rotatable bonds is 3. The molecule has 1 heterocycles. The highest BCUT2D eigenvalue weighted by atomic mass is 32.2. The summed E-state index contributed by atoms with van der Waals surface area (Å²) in [6.45, 7) is 0. The Bertz CT molecular complexity index is 189. The zero-order chi connectivity index (χ0) is 6.81. The highest BCUT2D eigenvalue weighted by Gasteiger charge is 2.20. The van der Waals surface area contributed by atoms with Gasteiger partial charge in [-0.25, -0.2) is 0 Å². The molecule has 0 aliphatic heterocycles. The van der Waals surface area contributed by atoms with Crippen LogP contribution >= 0.6 is 11.8 Å². The molecule has 0 bridgehead atoms. The minimum absolute atomic E-state index is 1.02. The quantitative estimate of drug-likeness (QED) is 0.660. The summed E-state index contributed by atoms with van der Waals surface area (Å²) < 4.78 is 0. The monoisotopic (exact) mass is 153 g/mol. The molecule has 1 aromatic heterocycles. The average molecular weight is 153 g/mol. The largest absolute Gasteiger partial charge is 0.356 e. The van der Waals surface area contributed by atoms with Gasteiger partial charge in [-0.2, -0.15) is 0 Å². The van der Waals surface area contributed by atoms with Gasteiger partial charge < -0.3 is 4.98 Å². The van der Waals surface area contributed by atoms with Crippen molar-refractivity contribution < 1.29 is 0 Å². The Balaban J connectivity index is 1.79. The first-order chi connectivity index (χ1) is 4.95. The van der Waals surface area contributed by atoms with Gasteiger partial charge in [0.2, 0.25) is 0 Å². The number of nitrogens with one attached hydrogen (secondary N) is 1. The van der Waals surface area contributed by atoms with Crippen LogP contribution in [-0.4, -0.2) is 10.7 Å². The van der Waals surface area contributed by atoms with Crippen molar-refractivity contribution in [2.45, 2.75) is 17.9 Å². The van der Waals surface area contributed by atoms with E-state index >= 15 is 0 Å². The number of hydrogen-bond donors (Lipinski definition) is 1. The Kier molecular flexibility index (Phi) is 1.72. The molecule has 1 saturated carbocycles. The lowest BCUT2D eigenvalue weighted by Crippen LogP contribution is -1.79. The van der Waals surface area contributed by atoms with E-state index < -0.39 is 0 Å². The Morgan fingerprint density at radius 3 is 3.10 bits per heavy atom. The lowest BCUT2D eigenvalue weighted by Gasteiger charge is -1.93. The van der Waals surface area contributed by atoms with Crippen molar-refractivity contribution in [3.8, 4) is 0 Å². The first kappa shape index (κ1) is 6.35. The van der Waals surface area contributed by atoms with E-state index in [1.165, 1.54) is 23.6 Å². The molecule has 0 radical (unpaired) electrons. The summed E-state index contributed by atoms with van der Waals surface area (Å²) in [6, 6.07) is 4.18. The molecule has 2 rings (SSSR count). The van der Waals surface area contributed by atoms with Crippen molar-refractivity contribution in [3.63, 3.8) is 0 Å². The summed E-state index contributed by atoms with van der Waals surface area (Å²) in [6.07, 6.45) is 4.89. The molecular weight excluding hydrogens is 142 g/mol. The zero-order valence-corrected chi connectivity index (χ0v) is 6.66. The van der Waals surface area contributed by atoms with Gasteiger partial charge in [0.15, 0.2) is 0 Å². The maximum absolute atomic E-state index is 3.18. The Morgan fingerprint density at radius 1 is 1.60 bits per heavy atom. The van der Waals surface area contributed by atoms with Gasteiger partial charge in [0, 0.05) is 11.9 Å². The molecule has 0 unspecified atom stereocenters. The van der Waals surface area contributed by atoms with Crippen molar-refractivity contribution in [3.05, 3.63) is 18.3 Å². The summed E-state index contributed by atoms with van der Waals surface area (Å²) in [5.74, 6) is 2.33. The van der Waals surface area contributed by atoms with Crippen LogP contribution in [0, 0.1) is 5.92 Å². The molecule has 1 aromatic rings. The van der Waals surface area contributed by atoms with Gasteiger partial charge in [-0.1, -0.05) is 0 Å². The molecule has 1 aliphatic carbocycles. The predicted molar refractivity (Wildman–Crippen MR) is 44.2 cm³/mol. The van der Waals surface area contributed by atoms with Crippen LogP contribution < -0.4 is 0 Å². The fraction of sp³-hybridized carbons (Fsp3) is 0.500. The van der Waals surface area contributed by atoms with E-state index in [9.17, 15) is 0 Å². The molecule has 0 amide bonds. The number of aromatic nitrogens is 1. The van der Waals surface area contributed by atoms with Gasteiger partial charge in [-0.3, -0.25) is 0 Å². The van der Waals surface area contributed by atoms with E-state index in [4.69, 9.17) is 0 Å². The summed E-state index contributed by atoms with van der Waals surface area (Å²) in [5, 5.41) is 1.31. The van der Waals surface area contributed by atoms with Crippen LogP contribution in [0.2, 0.25) is 0 Å². The number of aromatic amines is 1. The molecule has 0 aromatic carbocycles. The molecule has 0 saturated heterocycles. The first-order valence-corrected chi connectivity index (χ1v) is 4.70. The van der Waals surface area contributed by atoms with Gasteiger partial charge in [0.05, 0.1) is 5.03 Å². The lowest BCUT2D eigenvalue weighted by atomic mass is 10.5. The molecular formula is C8H11NS. The molecule has 2 heteroatoms. The minimum Gasteiger partial charge on any atom is -0.356 e. The van der Waals surface area contributed by atoms with E-state index in [1.807, 2.05) is 18.0 Å². The van der Waals surface area contributed by atoms with E-state index in [0.717, 1.165) is 5.92 Å². The predicted octanol–water partition coefficient (Wildman–Crippen LogP) is 2.52. The van der Waals surface area contributed by atoms with Crippen molar-refractivity contribution in [1.29, 1.82) is 0 Å². The molecule has 10 heavy (non-hydrogen) atoms. The molecule has 54 valence electrons. The average Bonchev–Trinajstić information content (AvgIpc) is 2.63. The fourth-order valence-corrected chi connectivity index (χ4v) is 1.97. The first-order valence-electron chi connectivity index (χ1n) is 3.71. The molecule has 1 aliphatic rings. The molecule has 0 spiro atoms. The topological polar surface area (TPSA) is 15.8 Å². The summed E-state index contributed by atoms with van der Waals surface area (Å²) in [5.41, 5.74) is 0. The van der Waals surface area contributed by atoms with Gasteiger partial charge >= 0.3 is 0 Å². The van der Waals surface area contributed by atoms with Gasteiger partial charge in [-0.15, -0.1) is 11.8 Å². The van der Waals surface area contributed by atoms with E-state index in [1.54, 1.807) is 0 Å². The van der Waals surface area contributed by atoms with Crippen LogP contribution in [-0.2, 0) is 0 Å². The summed E-state index contributed by atoms with van der Waals surface area (Å²) >= 11 is 1.94.